The van der Waals surface area contributed by atoms with Gasteiger partial charge in [0.2, 0.25) is 0 Å². The Morgan fingerprint density at radius 1 is 0.786 bits per heavy atom. The third-order valence-corrected chi connectivity index (χ3v) is 3.78. The van der Waals surface area contributed by atoms with Gasteiger partial charge in [0.05, 0.1) is 12.7 Å². The molecule has 6 nitrogen and oxygen atoms in total. The average Bonchev–Trinajstić information content (AvgIpc) is 2.74. The number of hydrogen-bond donors (Lipinski definition) is 1. The Morgan fingerprint density at radius 2 is 1.39 bits per heavy atom. The number of carbonyl (C=O) groups is 2. The number of ether oxygens (including phenoxy) is 3. The molecule has 6 heteroatoms. The second-order valence-corrected chi connectivity index (χ2v) is 5.79. The van der Waals surface area contributed by atoms with Crippen LogP contribution < -0.4 is 14.8 Å². The van der Waals surface area contributed by atoms with Crippen molar-refractivity contribution in [2.75, 3.05) is 19.0 Å². The zero-order valence-corrected chi connectivity index (χ0v) is 15.3. The van der Waals surface area contributed by atoms with E-state index in [4.69, 9.17) is 9.47 Å². The molecule has 3 rings (SSSR count). The van der Waals surface area contributed by atoms with Gasteiger partial charge < -0.3 is 19.5 Å². The smallest absolute Gasteiger partial charge is 0.349 e. The first-order chi connectivity index (χ1) is 13.6. The van der Waals surface area contributed by atoms with Crippen molar-refractivity contribution in [2.45, 2.75) is 0 Å². The molecule has 0 aliphatic rings. The maximum atomic E-state index is 11.9. The topological polar surface area (TPSA) is 73.9 Å². The first-order valence-electron chi connectivity index (χ1n) is 8.58. The molecule has 3 aromatic carbocycles. The molecular weight excluding hydrogens is 358 g/mol. The van der Waals surface area contributed by atoms with Crippen LogP contribution in [0.5, 0.6) is 11.5 Å². The summed E-state index contributed by atoms with van der Waals surface area (Å²) in [5, 5.41) is 3.27. The van der Waals surface area contributed by atoms with Crippen molar-refractivity contribution in [3.8, 4) is 11.5 Å². The van der Waals surface area contributed by atoms with E-state index in [2.05, 4.69) is 10.1 Å². The van der Waals surface area contributed by atoms with Gasteiger partial charge in [-0.2, -0.15) is 0 Å². The summed E-state index contributed by atoms with van der Waals surface area (Å²) in [6.07, 6.45) is 0. The Bertz CT molecular complexity index is 921. The van der Waals surface area contributed by atoms with Gasteiger partial charge >= 0.3 is 11.9 Å². The van der Waals surface area contributed by atoms with Crippen molar-refractivity contribution in [1.29, 1.82) is 0 Å². The van der Waals surface area contributed by atoms with Gasteiger partial charge in [-0.15, -0.1) is 0 Å². The van der Waals surface area contributed by atoms with Gasteiger partial charge in [0.25, 0.3) is 0 Å². The summed E-state index contributed by atoms with van der Waals surface area (Å²) in [6.45, 7) is -0.232. The zero-order valence-electron chi connectivity index (χ0n) is 15.3. The van der Waals surface area contributed by atoms with Crippen LogP contribution in [-0.2, 0) is 9.53 Å². The van der Waals surface area contributed by atoms with Crippen molar-refractivity contribution < 1.29 is 23.8 Å². The maximum Gasteiger partial charge on any atom is 0.349 e. The molecule has 0 bridgehead atoms. The van der Waals surface area contributed by atoms with E-state index in [9.17, 15) is 9.59 Å². The van der Waals surface area contributed by atoms with Gasteiger partial charge in [0, 0.05) is 11.4 Å². The molecule has 0 aromatic heterocycles. The predicted octanol–water partition coefficient (Wildman–Crippen LogP) is 4.20. The van der Waals surface area contributed by atoms with Crippen LogP contribution in [0.3, 0.4) is 0 Å². The summed E-state index contributed by atoms with van der Waals surface area (Å²) in [6, 6.07) is 23.1. The molecule has 0 heterocycles. The van der Waals surface area contributed by atoms with Crippen LogP contribution in [0.1, 0.15) is 10.4 Å². The minimum Gasteiger partial charge on any atom is -0.482 e. The molecule has 0 spiro atoms. The number of carbonyl (C=O) groups excluding carboxylic acids is 2. The standard InChI is InChI=1S/C22H19NO5/c1-26-22(25)16-7-11-20(12-8-16)28-21(24)15-27-19-13-9-18(10-14-19)23-17-5-3-2-4-6-17/h2-14,23H,15H2,1H3. The molecule has 1 N–H and O–H groups in total. The van der Waals surface area contributed by atoms with E-state index in [1.54, 1.807) is 12.1 Å². The number of esters is 2. The first-order valence-corrected chi connectivity index (χ1v) is 8.58. The van der Waals surface area contributed by atoms with E-state index >= 15 is 0 Å². The molecule has 0 aliphatic heterocycles. The lowest BCUT2D eigenvalue weighted by Crippen LogP contribution is -2.17. The summed E-state index contributed by atoms with van der Waals surface area (Å²) >= 11 is 0. The number of anilines is 2. The number of rotatable bonds is 7. The monoisotopic (exact) mass is 377 g/mol. The maximum absolute atomic E-state index is 11.9. The zero-order chi connectivity index (χ0) is 19.8. The van der Waals surface area contributed by atoms with E-state index in [0.29, 0.717) is 17.1 Å². The van der Waals surface area contributed by atoms with E-state index in [-0.39, 0.29) is 6.61 Å². The Hall–Kier alpha value is -3.80. The highest BCUT2D eigenvalue weighted by atomic mass is 16.6. The van der Waals surface area contributed by atoms with Crippen molar-refractivity contribution in [3.05, 3.63) is 84.4 Å². The van der Waals surface area contributed by atoms with E-state index in [1.807, 2.05) is 42.5 Å². The molecular formula is C22H19NO5. The van der Waals surface area contributed by atoms with Crippen LogP contribution in [0.4, 0.5) is 11.4 Å². The third-order valence-electron chi connectivity index (χ3n) is 3.78. The minimum absolute atomic E-state index is 0.232. The quantitative estimate of drug-likeness (QED) is 0.491. The first kappa shape index (κ1) is 19.0. The lowest BCUT2D eigenvalue weighted by Gasteiger charge is -2.09. The van der Waals surface area contributed by atoms with E-state index in [1.165, 1.54) is 31.4 Å². The lowest BCUT2D eigenvalue weighted by atomic mass is 10.2. The summed E-state index contributed by atoms with van der Waals surface area (Å²) in [4.78, 5) is 23.3. The molecule has 0 atom stereocenters. The molecule has 0 radical (unpaired) electrons. The summed E-state index contributed by atoms with van der Waals surface area (Å²) in [7, 11) is 1.30. The fourth-order valence-electron chi connectivity index (χ4n) is 2.40. The second kappa shape index (κ2) is 9.23. The van der Waals surface area contributed by atoms with Gasteiger partial charge in [-0.3, -0.25) is 0 Å². The summed E-state index contributed by atoms with van der Waals surface area (Å²) < 4.78 is 15.2. The van der Waals surface area contributed by atoms with Gasteiger partial charge in [-0.25, -0.2) is 9.59 Å². The Morgan fingerprint density at radius 3 is 2.04 bits per heavy atom. The van der Waals surface area contributed by atoms with E-state index < -0.39 is 11.9 Å². The van der Waals surface area contributed by atoms with E-state index in [0.717, 1.165) is 11.4 Å². The highest BCUT2D eigenvalue weighted by Crippen LogP contribution is 2.20. The largest absolute Gasteiger partial charge is 0.482 e. The van der Waals surface area contributed by atoms with Crippen LogP contribution in [0.15, 0.2) is 78.9 Å². The Kier molecular flexibility index (Phi) is 6.25. The van der Waals surface area contributed by atoms with Gasteiger partial charge in [-0.05, 0) is 60.7 Å². The molecule has 0 aliphatic carbocycles. The van der Waals surface area contributed by atoms with Crippen molar-refractivity contribution >= 4 is 23.3 Å². The van der Waals surface area contributed by atoms with Crippen molar-refractivity contribution in [1.82, 2.24) is 0 Å². The lowest BCUT2D eigenvalue weighted by molar-refractivity contribution is -0.136. The fourth-order valence-corrected chi connectivity index (χ4v) is 2.40. The van der Waals surface area contributed by atoms with Gasteiger partial charge in [-0.1, -0.05) is 18.2 Å². The van der Waals surface area contributed by atoms with Crippen molar-refractivity contribution in [2.24, 2.45) is 0 Å². The number of benzene rings is 3. The van der Waals surface area contributed by atoms with Crippen LogP contribution in [-0.4, -0.2) is 25.7 Å². The number of methoxy groups -OCH3 is 1. The summed E-state index contributed by atoms with van der Waals surface area (Å²) in [5.41, 5.74) is 2.27. The third kappa shape index (κ3) is 5.35. The molecule has 0 unspecified atom stereocenters. The fraction of sp³-hybridized carbons (Fsp3) is 0.0909. The SMILES string of the molecule is COC(=O)c1ccc(OC(=O)COc2ccc(Nc3ccccc3)cc2)cc1. The molecule has 0 fully saturated rings. The van der Waals surface area contributed by atoms with Gasteiger partial charge in [0.15, 0.2) is 6.61 Å². The summed E-state index contributed by atoms with van der Waals surface area (Å²) in [5.74, 6) is -0.121. The number of para-hydroxylation sites is 1. The average molecular weight is 377 g/mol. The molecule has 3 aromatic rings. The highest BCUT2D eigenvalue weighted by Gasteiger charge is 2.09. The van der Waals surface area contributed by atoms with Crippen molar-refractivity contribution in [3.63, 3.8) is 0 Å². The Labute approximate surface area is 162 Å². The predicted molar refractivity (Wildman–Crippen MR) is 105 cm³/mol. The minimum atomic E-state index is -0.544. The number of hydrogen-bond acceptors (Lipinski definition) is 6. The highest BCUT2D eigenvalue weighted by molar-refractivity contribution is 5.89. The van der Waals surface area contributed by atoms with Crippen LogP contribution in [0, 0.1) is 0 Å². The number of nitrogens with one attached hydrogen (secondary N) is 1. The molecule has 0 saturated carbocycles. The molecule has 28 heavy (non-hydrogen) atoms. The second-order valence-electron chi connectivity index (χ2n) is 5.79. The normalized spacial score (nSPS) is 10.0. The molecule has 0 saturated heterocycles. The van der Waals surface area contributed by atoms with Crippen LogP contribution >= 0.6 is 0 Å². The molecule has 0 amide bonds. The molecule has 142 valence electrons. The van der Waals surface area contributed by atoms with Crippen LogP contribution in [0.25, 0.3) is 0 Å². The van der Waals surface area contributed by atoms with Gasteiger partial charge in [0.1, 0.15) is 11.5 Å². The van der Waals surface area contributed by atoms with Crippen LogP contribution in [0.2, 0.25) is 0 Å². The Balaban J connectivity index is 1.48.